The molecular weight excluding hydrogens is 144 g/mol. The second-order valence-electron chi connectivity index (χ2n) is 1.97. The molecule has 0 aliphatic rings. The van der Waals surface area contributed by atoms with E-state index < -0.39 is 0 Å². The Labute approximate surface area is 67.1 Å². The van der Waals surface area contributed by atoms with Gasteiger partial charge in [0.2, 0.25) is 0 Å². The van der Waals surface area contributed by atoms with Gasteiger partial charge in [-0.3, -0.25) is 0 Å². The Morgan fingerprint density at radius 2 is 2.27 bits per heavy atom. The second-order valence-corrected chi connectivity index (χ2v) is 1.97. The lowest BCUT2D eigenvalue weighted by Crippen LogP contribution is -2.20. The number of nitriles is 1. The van der Waals surface area contributed by atoms with Crippen molar-refractivity contribution in [3.05, 3.63) is 0 Å². The normalized spacial score (nSPS) is 9.45. The number of hydrogen-bond donors (Lipinski definition) is 1. The second kappa shape index (κ2) is 9.37. The first kappa shape index (κ1) is 10.4. The van der Waals surface area contributed by atoms with Crippen LogP contribution in [0.15, 0.2) is 0 Å². The number of methoxy groups -OCH3 is 1. The van der Waals surface area contributed by atoms with E-state index in [-0.39, 0.29) is 0 Å². The van der Waals surface area contributed by atoms with E-state index >= 15 is 0 Å². The Balaban J connectivity index is 2.75. The lowest BCUT2D eigenvalue weighted by molar-refractivity contribution is -0.0288. The van der Waals surface area contributed by atoms with Gasteiger partial charge in [-0.2, -0.15) is 5.26 Å². The van der Waals surface area contributed by atoms with E-state index in [1.54, 1.807) is 7.11 Å². The monoisotopic (exact) mass is 158 g/mol. The zero-order valence-electron chi connectivity index (χ0n) is 6.80. The van der Waals surface area contributed by atoms with Gasteiger partial charge in [0.1, 0.15) is 6.79 Å². The molecule has 11 heavy (non-hydrogen) atoms. The third kappa shape index (κ3) is 9.37. The number of hydrogen-bond acceptors (Lipinski definition) is 4. The smallest absolute Gasteiger partial charge is 0.146 e. The van der Waals surface area contributed by atoms with Crippen molar-refractivity contribution in [2.24, 2.45) is 0 Å². The van der Waals surface area contributed by atoms with Crippen molar-refractivity contribution < 1.29 is 9.47 Å². The molecule has 64 valence electrons. The highest BCUT2D eigenvalue weighted by Crippen LogP contribution is 1.74. The first-order valence-corrected chi connectivity index (χ1v) is 3.56. The van der Waals surface area contributed by atoms with Gasteiger partial charge >= 0.3 is 0 Å². The van der Waals surface area contributed by atoms with Crippen molar-refractivity contribution in [1.82, 2.24) is 5.32 Å². The summed E-state index contributed by atoms with van der Waals surface area (Å²) in [6.07, 6.45) is 0.546. The molecule has 4 nitrogen and oxygen atoms in total. The summed E-state index contributed by atoms with van der Waals surface area (Å²) in [5, 5.41) is 11.2. The summed E-state index contributed by atoms with van der Waals surface area (Å²) >= 11 is 0. The minimum absolute atomic E-state index is 0.333. The minimum atomic E-state index is 0.333. The van der Waals surface area contributed by atoms with Crippen LogP contribution in [0.25, 0.3) is 0 Å². The van der Waals surface area contributed by atoms with Crippen LogP contribution >= 0.6 is 0 Å². The molecular formula is C7H14N2O2. The molecule has 0 fully saturated rings. The quantitative estimate of drug-likeness (QED) is 0.422. The van der Waals surface area contributed by atoms with E-state index in [0.717, 1.165) is 13.1 Å². The van der Waals surface area contributed by atoms with Gasteiger partial charge in [-0.1, -0.05) is 0 Å². The van der Waals surface area contributed by atoms with Crippen molar-refractivity contribution in [3.8, 4) is 6.07 Å². The third-order valence-electron chi connectivity index (χ3n) is 1.04. The zero-order chi connectivity index (χ0) is 8.36. The molecule has 0 heterocycles. The van der Waals surface area contributed by atoms with Crippen LogP contribution in [0.1, 0.15) is 6.42 Å². The summed E-state index contributed by atoms with van der Waals surface area (Å²) in [7, 11) is 1.59. The molecule has 0 saturated carbocycles. The number of nitrogens with one attached hydrogen (secondary N) is 1. The molecule has 0 saturated heterocycles. The van der Waals surface area contributed by atoms with E-state index in [1.807, 2.05) is 6.07 Å². The van der Waals surface area contributed by atoms with Crippen molar-refractivity contribution in [3.63, 3.8) is 0 Å². The van der Waals surface area contributed by atoms with E-state index in [1.165, 1.54) is 0 Å². The Kier molecular flexibility index (Phi) is 8.83. The molecule has 0 aromatic rings. The average molecular weight is 158 g/mol. The Hall–Kier alpha value is -0.630. The first-order chi connectivity index (χ1) is 5.41. The first-order valence-electron chi connectivity index (χ1n) is 3.56. The zero-order valence-corrected chi connectivity index (χ0v) is 6.80. The van der Waals surface area contributed by atoms with Crippen LogP contribution in [0.3, 0.4) is 0 Å². The molecule has 0 aliphatic carbocycles. The summed E-state index contributed by atoms with van der Waals surface area (Å²) in [6, 6.07) is 2.04. The maximum atomic E-state index is 8.17. The molecule has 0 spiro atoms. The van der Waals surface area contributed by atoms with Crippen LogP contribution in [0.4, 0.5) is 0 Å². The van der Waals surface area contributed by atoms with Gasteiger partial charge < -0.3 is 14.8 Å². The maximum absolute atomic E-state index is 8.17. The van der Waals surface area contributed by atoms with Crippen LogP contribution in [-0.4, -0.2) is 33.6 Å². The fourth-order valence-electron chi connectivity index (χ4n) is 0.556. The number of ether oxygens (including phenoxy) is 2. The molecule has 0 unspecified atom stereocenters. The molecule has 0 aromatic heterocycles. The van der Waals surface area contributed by atoms with Crippen LogP contribution in [-0.2, 0) is 9.47 Å². The van der Waals surface area contributed by atoms with Crippen LogP contribution in [0.5, 0.6) is 0 Å². The van der Waals surface area contributed by atoms with Crippen LogP contribution < -0.4 is 5.32 Å². The summed E-state index contributed by atoms with van der Waals surface area (Å²) in [6.45, 7) is 2.46. The average Bonchev–Trinajstić information content (AvgIpc) is 2.03. The Morgan fingerprint density at radius 3 is 2.91 bits per heavy atom. The summed E-state index contributed by atoms with van der Waals surface area (Å²) in [4.78, 5) is 0. The van der Waals surface area contributed by atoms with Gasteiger partial charge in [0.25, 0.3) is 0 Å². The lowest BCUT2D eigenvalue weighted by Gasteiger charge is -2.02. The molecule has 0 radical (unpaired) electrons. The molecule has 0 bridgehead atoms. The molecule has 1 N–H and O–H groups in total. The number of rotatable bonds is 7. The van der Waals surface area contributed by atoms with Gasteiger partial charge in [0, 0.05) is 26.6 Å². The van der Waals surface area contributed by atoms with Crippen molar-refractivity contribution in [2.45, 2.75) is 6.42 Å². The molecule has 0 rings (SSSR count). The predicted octanol–water partition coefficient (Wildman–Crippen LogP) is 0.110. The van der Waals surface area contributed by atoms with Crippen LogP contribution in [0.2, 0.25) is 0 Å². The highest BCUT2D eigenvalue weighted by molar-refractivity contribution is 4.69. The van der Waals surface area contributed by atoms with E-state index in [9.17, 15) is 0 Å². The summed E-state index contributed by atoms with van der Waals surface area (Å²) in [5.41, 5.74) is 0. The summed E-state index contributed by atoms with van der Waals surface area (Å²) < 4.78 is 9.66. The minimum Gasteiger partial charge on any atom is -0.359 e. The SMILES string of the molecule is COCOCCNCCC#N. The van der Waals surface area contributed by atoms with E-state index in [0.29, 0.717) is 19.8 Å². The van der Waals surface area contributed by atoms with Crippen molar-refractivity contribution >= 4 is 0 Å². The fraction of sp³-hybridized carbons (Fsp3) is 0.857. The van der Waals surface area contributed by atoms with Gasteiger partial charge in [-0.15, -0.1) is 0 Å². The summed E-state index contributed by atoms with van der Waals surface area (Å²) in [5.74, 6) is 0. The topological polar surface area (TPSA) is 54.3 Å². The largest absolute Gasteiger partial charge is 0.359 e. The highest BCUT2D eigenvalue weighted by Gasteiger charge is 1.86. The molecule has 4 heteroatoms. The molecule has 0 atom stereocenters. The molecule has 0 amide bonds. The number of nitrogens with zero attached hydrogens (tertiary/aromatic N) is 1. The van der Waals surface area contributed by atoms with Gasteiger partial charge in [-0.25, -0.2) is 0 Å². The van der Waals surface area contributed by atoms with E-state index in [4.69, 9.17) is 10.00 Å². The van der Waals surface area contributed by atoms with Gasteiger partial charge in [0.15, 0.2) is 0 Å². The van der Waals surface area contributed by atoms with Crippen molar-refractivity contribution in [2.75, 3.05) is 33.6 Å². The third-order valence-corrected chi connectivity index (χ3v) is 1.04. The lowest BCUT2D eigenvalue weighted by atomic mass is 10.4. The van der Waals surface area contributed by atoms with Crippen LogP contribution in [0, 0.1) is 11.3 Å². The Morgan fingerprint density at radius 1 is 1.45 bits per heavy atom. The maximum Gasteiger partial charge on any atom is 0.146 e. The van der Waals surface area contributed by atoms with Gasteiger partial charge in [0.05, 0.1) is 12.7 Å². The molecule has 0 aromatic carbocycles. The fourth-order valence-corrected chi connectivity index (χ4v) is 0.556. The standard InChI is InChI=1S/C7H14N2O2/c1-10-7-11-6-5-9-4-2-3-8/h9H,2,4-7H2,1H3. The van der Waals surface area contributed by atoms with E-state index in [2.05, 4.69) is 10.1 Å². The van der Waals surface area contributed by atoms with Gasteiger partial charge in [-0.05, 0) is 0 Å². The highest BCUT2D eigenvalue weighted by atomic mass is 16.7. The Bertz CT molecular complexity index is 111. The van der Waals surface area contributed by atoms with Crippen molar-refractivity contribution in [1.29, 1.82) is 5.26 Å². The predicted molar refractivity (Wildman–Crippen MR) is 40.9 cm³/mol. The molecule has 0 aliphatic heterocycles.